The molecule has 0 unspecified atom stereocenters. The Morgan fingerprint density at radius 3 is 3.15 bits per heavy atom. The van der Waals surface area contributed by atoms with E-state index >= 15 is 0 Å². The Hall–Kier alpha value is -1.84. The molecule has 0 radical (unpaired) electrons. The average Bonchev–Trinajstić information content (AvgIpc) is 2.17. The van der Waals surface area contributed by atoms with Gasteiger partial charge >= 0.3 is 0 Å². The summed E-state index contributed by atoms with van der Waals surface area (Å²) >= 11 is 0. The van der Waals surface area contributed by atoms with Crippen LogP contribution in [0.2, 0.25) is 0 Å². The fourth-order valence-corrected chi connectivity index (χ4v) is 1.26. The van der Waals surface area contributed by atoms with E-state index in [1.165, 1.54) is 0 Å². The van der Waals surface area contributed by atoms with Crippen molar-refractivity contribution in [2.45, 2.75) is 0 Å². The molecule has 0 aromatic carbocycles. The van der Waals surface area contributed by atoms with Crippen molar-refractivity contribution < 1.29 is 4.79 Å². The van der Waals surface area contributed by atoms with Gasteiger partial charge in [-0.2, -0.15) is 0 Å². The van der Waals surface area contributed by atoms with E-state index < -0.39 is 0 Å². The minimum atomic E-state index is -0.369. The average molecular weight is 175 g/mol. The number of hydrogen-bond donors (Lipinski definition) is 1. The molecule has 0 aromatic rings. The number of hydrogen-bond acceptors (Lipinski definition) is 3. The number of carbonyl (C=O) groups is 1. The number of nitrogens with zero attached hydrogens (tertiary/aromatic N) is 2. The molecule has 0 spiro atoms. The first-order chi connectivity index (χ1) is 6.27. The Balaban J connectivity index is 2.29. The third kappa shape index (κ3) is 1.38. The Kier molecular flexibility index (Phi) is 1.73. The molecule has 13 heavy (non-hydrogen) atoms. The Labute approximate surface area is 75.7 Å². The van der Waals surface area contributed by atoms with Crippen LogP contribution in [0.5, 0.6) is 0 Å². The van der Waals surface area contributed by atoms with Crippen molar-refractivity contribution in [3.05, 3.63) is 35.8 Å². The van der Waals surface area contributed by atoms with Crippen molar-refractivity contribution in [3.63, 3.8) is 0 Å². The molecule has 66 valence electrons. The first-order valence-electron chi connectivity index (χ1n) is 3.94. The van der Waals surface area contributed by atoms with Crippen LogP contribution >= 0.6 is 0 Å². The highest BCUT2D eigenvalue weighted by molar-refractivity contribution is 5.94. The van der Waals surface area contributed by atoms with E-state index in [1.807, 2.05) is 17.2 Å². The van der Waals surface area contributed by atoms with Crippen LogP contribution in [0.25, 0.3) is 0 Å². The number of fused-ring (bicyclic) bond motifs is 1. The monoisotopic (exact) mass is 175 g/mol. The van der Waals surface area contributed by atoms with Gasteiger partial charge in [0.1, 0.15) is 0 Å². The molecule has 0 saturated heterocycles. The molecule has 0 aliphatic carbocycles. The lowest BCUT2D eigenvalue weighted by molar-refractivity contribution is -0.114. The van der Waals surface area contributed by atoms with Crippen LogP contribution in [0, 0.1) is 0 Å². The molecular formula is C9H9N3O. The zero-order valence-corrected chi connectivity index (χ0v) is 6.97. The predicted octanol–water partition coefficient (Wildman–Crippen LogP) is 0.153. The largest absolute Gasteiger partial charge is 0.366 e. The van der Waals surface area contributed by atoms with Gasteiger partial charge in [0.15, 0.2) is 0 Å². The second-order valence-corrected chi connectivity index (χ2v) is 2.85. The number of amides is 1. The molecule has 0 saturated carbocycles. The summed E-state index contributed by atoms with van der Waals surface area (Å²) in [6.07, 6.45) is 8.81. The van der Waals surface area contributed by atoms with Gasteiger partial charge in [0.05, 0.1) is 18.5 Å². The summed E-state index contributed by atoms with van der Waals surface area (Å²) in [7, 11) is 0. The van der Waals surface area contributed by atoms with Crippen molar-refractivity contribution in [3.8, 4) is 0 Å². The second kappa shape index (κ2) is 2.90. The van der Waals surface area contributed by atoms with Gasteiger partial charge in [0.25, 0.3) is 0 Å². The molecule has 4 heteroatoms. The van der Waals surface area contributed by atoms with Crippen LogP contribution in [0.3, 0.4) is 0 Å². The number of carbonyl (C=O) groups excluding carboxylic acids is 1. The maximum absolute atomic E-state index is 10.9. The van der Waals surface area contributed by atoms with Crippen molar-refractivity contribution in [2.24, 2.45) is 10.7 Å². The highest BCUT2D eigenvalue weighted by Crippen LogP contribution is 2.15. The van der Waals surface area contributed by atoms with Crippen LogP contribution in [0.1, 0.15) is 0 Å². The summed E-state index contributed by atoms with van der Waals surface area (Å²) < 4.78 is 0. The fourth-order valence-electron chi connectivity index (χ4n) is 1.26. The molecule has 0 bridgehead atoms. The molecule has 2 aliphatic heterocycles. The summed E-state index contributed by atoms with van der Waals surface area (Å²) in [5, 5.41) is 0. The van der Waals surface area contributed by atoms with Crippen LogP contribution in [0.15, 0.2) is 40.8 Å². The number of nitrogens with two attached hydrogens (primary N) is 1. The van der Waals surface area contributed by atoms with Gasteiger partial charge in [-0.25, -0.2) is 0 Å². The molecule has 4 nitrogen and oxygen atoms in total. The van der Waals surface area contributed by atoms with Crippen LogP contribution in [-0.4, -0.2) is 23.6 Å². The number of allylic oxidation sites excluding steroid dienone is 3. The first kappa shape index (κ1) is 7.79. The summed E-state index contributed by atoms with van der Waals surface area (Å²) in [5.74, 6) is -0.369. The maximum Gasteiger partial charge on any atom is 0.246 e. The minimum Gasteiger partial charge on any atom is -0.366 e. The standard InChI is InChI=1S/C9H9N3O/c10-9(13)7-1-2-8-5-11-3-4-12(8)6-7/h1-5H,6H2,(H2,10,13). The molecular weight excluding hydrogens is 166 g/mol. The minimum absolute atomic E-state index is 0.369. The van der Waals surface area contributed by atoms with E-state index in [0.717, 1.165) is 5.70 Å². The number of rotatable bonds is 1. The molecule has 0 atom stereocenters. The quantitative estimate of drug-likeness (QED) is 0.616. The SMILES string of the molecule is NC(=O)C1=CC=C2C=NC=CN2C1. The fraction of sp³-hybridized carbons (Fsp3) is 0.111. The summed E-state index contributed by atoms with van der Waals surface area (Å²) in [6.45, 7) is 0.531. The molecule has 2 N–H and O–H groups in total. The maximum atomic E-state index is 10.9. The summed E-state index contributed by atoms with van der Waals surface area (Å²) in [6, 6.07) is 0. The van der Waals surface area contributed by atoms with E-state index in [0.29, 0.717) is 12.1 Å². The van der Waals surface area contributed by atoms with Crippen molar-refractivity contribution in [1.82, 2.24) is 4.90 Å². The van der Waals surface area contributed by atoms with Gasteiger partial charge in [-0.15, -0.1) is 0 Å². The predicted molar refractivity (Wildman–Crippen MR) is 49.7 cm³/mol. The van der Waals surface area contributed by atoms with Gasteiger partial charge in [-0.05, 0) is 12.2 Å². The molecule has 2 heterocycles. The molecule has 2 rings (SSSR count). The Bertz CT molecular complexity index is 363. The third-order valence-corrected chi connectivity index (χ3v) is 1.98. The van der Waals surface area contributed by atoms with Gasteiger partial charge < -0.3 is 10.6 Å². The second-order valence-electron chi connectivity index (χ2n) is 2.85. The van der Waals surface area contributed by atoms with Crippen LogP contribution < -0.4 is 5.73 Å². The van der Waals surface area contributed by atoms with E-state index in [9.17, 15) is 4.79 Å². The van der Waals surface area contributed by atoms with E-state index in [-0.39, 0.29) is 5.91 Å². The number of aliphatic imine (C=N–C) groups is 1. The van der Waals surface area contributed by atoms with E-state index in [4.69, 9.17) is 5.73 Å². The van der Waals surface area contributed by atoms with Crippen LogP contribution in [0.4, 0.5) is 0 Å². The van der Waals surface area contributed by atoms with E-state index in [1.54, 1.807) is 18.5 Å². The molecule has 2 aliphatic rings. The zero-order chi connectivity index (χ0) is 9.26. The Morgan fingerprint density at radius 2 is 2.38 bits per heavy atom. The Morgan fingerprint density at radius 1 is 1.54 bits per heavy atom. The molecule has 0 aromatic heterocycles. The smallest absolute Gasteiger partial charge is 0.246 e. The zero-order valence-electron chi connectivity index (χ0n) is 6.97. The lowest BCUT2D eigenvalue weighted by atomic mass is 10.1. The van der Waals surface area contributed by atoms with E-state index in [2.05, 4.69) is 4.99 Å². The van der Waals surface area contributed by atoms with Gasteiger partial charge in [0.2, 0.25) is 5.91 Å². The lowest BCUT2D eigenvalue weighted by Gasteiger charge is -2.25. The normalized spacial score (nSPS) is 19.2. The van der Waals surface area contributed by atoms with Crippen molar-refractivity contribution in [2.75, 3.05) is 6.54 Å². The van der Waals surface area contributed by atoms with Crippen LogP contribution in [-0.2, 0) is 4.79 Å². The summed E-state index contributed by atoms with van der Waals surface area (Å²) in [4.78, 5) is 16.8. The third-order valence-electron chi connectivity index (χ3n) is 1.98. The summed E-state index contributed by atoms with van der Waals surface area (Å²) in [5.41, 5.74) is 6.76. The first-order valence-corrected chi connectivity index (χ1v) is 3.94. The van der Waals surface area contributed by atoms with Crippen molar-refractivity contribution in [1.29, 1.82) is 0 Å². The van der Waals surface area contributed by atoms with Gasteiger partial charge in [0, 0.05) is 18.0 Å². The molecule has 1 amide bonds. The topological polar surface area (TPSA) is 58.7 Å². The highest BCUT2D eigenvalue weighted by Gasteiger charge is 2.16. The van der Waals surface area contributed by atoms with Crippen molar-refractivity contribution >= 4 is 12.1 Å². The van der Waals surface area contributed by atoms with Gasteiger partial charge in [-0.1, -0.05) is 0 Å². The van der Waals surface area contributed by atoms with Gasteiger partial charge in [-0.3, -0.25) is 9.79 Å². The molecule has 0 fully saturated rings. The number of primary amides is 1. The highest BCUT2D eigenvalue weighted by atomic mass is 16.1. The lowest BCUT2D eigenvalue weighted by Crippen LogP contribution is -2.29.